The van der Waals surface area contributed by atoms with E-state index in [2.05, 4.69) is 74.1 Å². The van der Waals surface area contributed by atoms with Gasteiger partial charge >= 0.3 is 0 Å². The maximum atomic E-state index is 4.62. The summed E-state index contributed by atoms with van der Waals surface area (Å²) in [6.07, 6.45) is 1.09. The Hall–Kier alpha value is -0.0800. The maximum absolute atomic E-state index is 4.62. The quantitative estimate of drug-likeness (QED) is 0.243. The molecule has 0 heterocycles. The van der Waals surface area contributed by atoms with Crippen molar-refractivity contribution in [2.75, 3.05) is 46.8 Å². The second-order valence-corrected chi connectivity index (χ2v) is 6.27. The van der Waals surface area contributed by atoms with Crippen LogP contribution in [0.2, 0.25) is 0 Å². The number of guanidine groups is 1. The van der Waals surface area contributed by atoms with E-state index in [1.807, 2.05) is 0 Å². The topological polar surface area (TPSA) is 42.9 Å². The Morgan fingerprint density at radius 3 is 2.05 bits per heavy atom. The van der Waals surface area contributed by atoms with Gasteiger partial charge < -0.3 is 15.5 Å². The lowest BCUT2D eigenvalue weighted by molar-refractivity contribution is 0.178. The number of aliphatic imine (C=N–C) groups is 1. The van der Waals surface area contributed by atoms with Gasteiger partial charge in [-0.2, -0.15) is 0 Å². The average Bonchev–Trinajstić information content (AvgIpc) is 2.38. The van der Waals surface area contributed by atoms with Gasteiger partial charge in [-0.1, -0.05) is 0 Å². The fourth-order valence-electron chi connectivity index (χ4n) is 2.34. The SMILES string of the molecule is CCNC(=NCCCN(C)C)NCCN(C(C)C)C(C)C.I. The standard InChI is InChI=1S/C16H37N5.HI/c1-8-17-16(18-10-9-12-20(6)7)19-11-13-21(14(2)3)15(4)5;/h14-15H,8-13H2,1-7H3,(H2,17,18,19);1H. The van der Waals surface area contributed by atoms with Crippen molar-refractivity contribution in [3.8, 4) is 0 Å². The molecular weight excluding hydrogens is 389 g/mol. The number of hydrogen-bond donors (Lipinski definition) is 2. The molecule has 0 aliphatic rings. The summed E-state index contributed by atoms with van der Waals surface area (Å²) in [5.41, 5.74) is 0. The molecule has 5 nitrogen and oxygen atoms in total. The van der Waals surface area contributed by atoms with Gasteiger partial charge in [-0.15, -0.1) is 24.0 Å². The molecule has 0 aliphatic heterocycles. The van der Waals surface area contributed by atoms with E-state index >= 15 is 0 Å². The van der Waals surface area contributed by atoms with Crippen molar-refractivity contribution < 1.29 is 0 Å². The molecule has 0 spiro atoms. The fourth-order valence-corrected chi connectivity index (χ4v) is 2.34. The van der Waals surface area contributed by atoms with Gasteiger partial charge in [0.05, 0.1) is 0 Å². The summed E-state index contributed by atoms with van der Waals surface area (Å²) in [5.74, 6) is 0.934. The average molecular weight is 427 g/mol. The van der Waals surface area contributed by atoms with Crippen LogP contribution in [0.5, 0.6) is 0 Å². The Bertz CT molecular complexity index is 272. The summed E-state index contributed by atoms with van der Waals surface area (Å²) in [4.78, 5) is 9.30. The van der Waals surface area contributed by atoms with E-state index in [0.717, 1.165) is 45.1 Å². The zero-order valence-electron chi connectivity index (χ0n) is 15.6. The molecule has 0 aromatic heterocycles. The number of nitrogens with one attached hydrogen (secondary N) is 2. The summed E-state index contributed by atoms with van der Waals surface area (Å²) >= 11 is 0. The lowest BCUT2D eigenvalue weighted by atomic mass is 10.2. The van der Waals surface area contributed by atoms with E-state index in [9.17, 15) is 0 Å². The molecule has 0 unspecified atom stereocenters. The number of halogens is 1. The fraction of sp³-hybridized carbons (Fsp3) is 0.938. The third-order valence-corrected chi connectivity index (χ3v) is 3.37. The van der Waals surface area contributed by atoms with Crippen LogP contribution in [0, 0.1) is 0 Å². The van der Waals surface area contributed by atoms with Gasteiger partial charge in [0.15, 0.2) is 5.96 Å². The largest absolute Gasteiger partial charge is 0.357 e. The van der Waals surface area contributed by atoms with Crippen molar-refractivity contribution in [2.24, 2.45) is 4.99 Å². The minimum atomic E-state index is 0. The minimum Gasteiger partial charge on any atom is -0.357 e. The molecule has 6 heteroatoms. The van der Waals surface area contributed by atoms with Gasteiger partial charge in [0.1, 0.15) is 0 Å². The first-order valence-corrected chi connectivity index (χ1v) is 8.31. The Morgan fingerprint density at radius 1 is 1.00 bits per heavy atom. The number of nitrogens with zero attached hydrogens (tertiary/aromatic N) is 3. The van der Waals surface area contributed by atoms with Crippen LogP contribution >= 0.6 is 24.0 Å². The normalized spacial score (nSPS) is 12.2. The first kappa shape index (κ1) is 24.2. The van der Waals surface area contributed by atoms with E-state index in [1.54, 1.807) is 0 Å². The van der Waals surface area contributed by atoms with Crippen molar-refractivity contribution in [2.45, 2.75) is 53.1 Å². The molecule has 0 fully saturated rings. The van der Waals surface area contributed by atoms with E-state index in [-0.39, 0.29) is 24.0 Å². The Balaban J connectivity index is 0. The highest BCUT2D eigenvalue weighted by atomic mass is 127. The highest BCUT2D eigenvalue weighted by Crippen LogP contribution is 2.03. The van der Waals surface area contributed by atoms with Crippen LogP contribution in [0.1, 0.15) is 41.0 Å². The molecule has 0 aromatic carbocycles. The summed E-state index contributed by atoms with van der Waals surface area (Å²) in [7, 11) is 4.19. The molecule has 0 atom stereocenters. The third kappa shape index (κ3) is 12.5. The third-order valence-electron chi connectivity index (χ3n) is 3.37. The Kier molecular flexibility index (Phi) is 15.9. The van der Waals surface area contributed by atoms with Crippen LogP contribution in [0.3, 0.4) is 0 Å². The van der Waals surface area contributed by atoms with Crippen molar-refractivity contribution in [1.29, 1.82) is 0 Å². The minimum absolute atomic E-state index is 0. The second-order valence-electron chi connectivity index (χ2n) is 6.27. The molecule has 0 aliphatic carbocycles. The zero-order valence-corrected chi connectivity index (χ0v) is 18.0. The van der Waals surface area contributed by atoms with Gasteiger partial charge in [-0.25, -0.2) is 0 Å². The summed E-state index contributed by atoms with van der Waals surface area (Å²) in [6, 6.07) is 1.15. The smallest absolute Gasteiger partial charge is 0.191 e. The summed E-state index contributed by atoms with van der Waals surface area (Å²) in [5, 5.41) is 6.74. The van der Waals surface area contributed by atoms with Crippen molar-refractivity contribution in [3.05, 3.63) is 0 Å². The molecule has 22 heavy (non-hydrogen) atoms. The van der Waals surface area contributed by atoms with Crippen LogP contribution in [-0.4, -0.2) is 74.7 Å². The van der Waals surface area contributed by atoms with Crippen LogP contribution in [-0.2, 0) is 0 Å². The first-order valence-electron chi connectivity index (χ1n) is 8.31. The molecular formula is C16H38IN5. The second kappa shape index (κ2) is 14.5. The first-order chi connectivity index (χ1) is 9.88. The van der Waals surface area contributed by atoms with Gasteiger partial charge in [-0.3, -0.25) is 9.89 Å². The van der Waals surface area contributed by atoms with Crippen LogP contribution < -0.4 is 10.6 Å². The lowest BCUT2D eigenvalue weighted by Gasteiger charge is -2.30. The van der Waals surface area contributed by atoms with E-state index < -0.39 is 0 Å². The highest BCUT2D eigenvalue weighted by molar-refractivity contribution is 14.0. The van der Waals surface area contributed by atoms with Gasteiger partial charge in [0.25, 0.3) is 0 Å². The van der Waals surface area contributed by atoms with E-state index in [4.69, 9.17) is 0 Å². The van der Waals surface area contributed by atoms with E-state index in [0.29, 0.717) is 12.1 Å². The molecule has 0 radical (unpaired) electrons. The molecule has 0 saturated carbocycles. The molecule has 134 valence electrons. The lowest BCUT2D eigenvalue weighted by Crippen LogP contribution is -2.45. The molecule has 0 rings (SSSR count). The molecule has 2 N–H and O–H groups in total. The van der Waals surface area contributed by atoms with Gasteiger partial charge in [0.2, 0.25) is 0 Å². The van der Waals surface area contributed by atoms with Crippen LogP contribution in [0.4, 0.5) is 0 Å². The highest BCUT2D eigenvalue weighted by Gasteiger charge is 2.12. The summed E-state index contributed by atoms with van der Waals surface area (Å²) in [6.45, 7) is 15.9. The zero-order chi connectivity index (χ0) is 16.3. The Labute approximate surface area is 155 Å². The monoisotopic (exact) mass is 427 g/mol. The summed E-state index contributed by atoms with van der Waals surface area (Å²) < 4.78 is 0. The van der Waals surface area contributed by atoms with Crippen molar-refractivity contribution in [3.63, 3.8) is 0 Å². The van der Waals surface area contributed by atoms with Crippen molar-refractivity contribution >= 4 is 29.9 Å². The van der Waals surface area contributed by atoms with Gasteiger partial charge in [-0.05, 0) is 61.7 Å². The van der Waals surface area contributed by atoms with Crippen LogP contribution in [0.15, 0.2) is 4.99 Å². The Morgan fingerprint density at radius 2 is 1.59 bits per heavy atom. The maximum Gasteiger partial charge on any atom is 0.191 e. The molecule has 0 bridgehead atoms. The predicted octanol–water partition coefficient (Wildman–Crippen LogP) is 2.23. The van der Waals surface area contributed by atoms with Gasteiger partial charge in [0, 0.05) is 38.3 Å². The van der Waals surface area contributed by atoms with E-state index in [1.165, 1.54) is 0 Å². The van der Waals surface area contributed by atoms with Crippen molar-refractivity contribution in [1.82, 2.24) is 20.4 Å². The number of rotatable bonds is 10. The number of hydrogen-bond acceptors (Lipinski definition) is 3. The molecule has 0 saturated heterocycles. The van der Waals surface area contributed by atoms with Crippen LogP contribution in [0.25, 0.3) is 0 Å². The predicted molar refractivity (Wildman–Crippen MR) is 110 cm³/mol. The molecule has 0 amide bonds. The molecule has 0 aromatic rings.